The number of amides is 1. The summed E-state index contributed by atoms with van der Waals surface area (Å²) in [5.74, 6) is 1.53. The molecule has 0 aliphatic rings. The van der Waals surface area contributed by atoms with Crippen LogP contribution >= 0.6 is 0 Å². The van der Waals surface area contributed by atoms with E-state index in [4.69, 9.17) is 0 Å². The van der Waals surface area contributed by atoms with Crippen molar-refractivity contribution in [3.63, 3.8) is 0 Å². The number of ketones is 1. The van der Waals surface area contributed by atoms with Crippen molar-refractivity contribution in [2.75, 3.05) is 13.6 Å². The molecule has 0 heterocycles. The topological polar surface area (TPSA) is 37.4 Å². The zero-order valence-electron chi connectivity index (χ0n) is 15.5. The number of Topliss-reactive ketones (excluding diaryl/α,β-unsaturated/α-hetero) is 1. The molecule has 22 heavy (non-hydrogen) atoms. The summed E-state index contributed by atoms with van der Waals surface area (Å²) in [6.07, 6.45) is 8.99. The van der Waals surface area contributed by atoms with E-state index in [1.807, 2.05) is 25.8 Å². The summed E-state index contributed by atoms with van der Waals surface area (Å²) in [5, 5.41) is 0. The van der Waals surface area contributed by atoms with Crippen LogP contribution in [0.1, 0.15) is 85.5 Å². The standard InChI is InChI=1S/C19H37NO2/c1-16(2)12-11-15-20(5)19(22)14-10-8-6-7-9-13-18(21)17(3)4/h16-17H,6-15H2,1-5H3. The van der Waals surface area contributed by atoms with Crippen molar-refractivity contribution in [2.24, 2.45) is 11.8 Å². The van der Waals surface area contributed by atoms with Gasteiger partial charge in [-0.05, 0) is 31.6 Å². The first-order valence-corrected chi connectivity index (χ1v) is 9.11. The van der Waals surface area contributed by atoms with Crippen LogP contribution in [-0.4, -0.2) is 30.2 Å². The van der Waals surface area contributed by atoms with E-state index < -0.39 is 0 Å². The van der Waals surface area contributed by atoms with Crippen LogP contribution in [0.5, 0.6) is 0 Å². The summed E-state index contributed by atoms with van der Waals surface area (Å²) < 4.78 is 0. The summed E-state index contributed by atoms with van der Waals surface area (Å²) in [6.45, 7) is 9.25. The van der Waals surface area contributed by atoms with Crippen LogP contribution in [0, 0.1) is 11.8 Å². The maximum absolute atomic E-state index is 12.0. The van der Waals surface area contributed by atoms with Gasteiger partial charge in [-0.15, -0.1) is 0 Å². The highest BCUT2D eigenvalue weighted by Crippen LogP contribution is 2.11. The lowest BCUT2D eigenvalue weighted by Gasteiger charge is -2.17. The van der Waals surface area contributed by atoms with Crippen molar-refractivity contribution in [3.05, 3.63) is 0 Å². The van der Waals surface area contributed by atoms with Crippen LogP contribution < -0.4 is 0 Å². The van der Waals surface area contributed by atoms with Crippen molar-refractivity contribution in [1.82, 2.24) is 4.90 Å². The molecular formula is C19H37NO2. The molecule has 1 amide bonds. The largest absolute Gasteiger partial charge is 0.346 e. The summed E-state index contributed by atoms with van der Waals surface area (Å²) in [5.41, 5.74) is 0. The van der Waals surface area contributed by atoms with E-state index in [-0.39, 0.29) is 11.8 Å². The smallest absolute Gasteiger partial charge is 0.222 e. The molecule has 0 N–H and O–H groups in total. The van der Waals surface area contributed by atoms with Gasteiger partial charge in [0.05, 0.1) is 0 Å². The molecule has 0 spiro atoms. The molecule has 0 saturated heterocycles. The maximum Gasteiger partial charge on any atom is 0.222 e. The number of hydrogen-bond acceptors (Lipinski definition) is 2. The van der Waals surface area contributed by atoms with Crippen molar-refractivity contribution in [3.8, 4) is 0 Å². The van der Waals surface area contributed by atoms with Gasteiger partial charge in [0, 0.05) is 32.4 Å². The van der Waals surface area contributed by atoms with Crippen LogP contribution in [0.15, 0.2) is 0 Å². The molecule has 3 heteroatoms. The van der Waals surface area contributed by atoms with Crippen LogP contribution in [0.3, 0.4) is 0 Å². The summed E-state index contributed by atoms with van der Waals surface area (Å²) >= 11 is 0. The number of unbranched alkanes of at least 4 members (excludes halogenated alkanes) is 4. The first-order valence-electron chi connectivity index (χ1n) is 9.11. The monoisotopic (exact) mass is 311 g/mol. The van der Waals surface area contributed by atoms with Crippen LogP contribution in [0.2, 0.25) is 0 Å². The molecule has 0 bridgehead atoms. The molecular weight excluding hydrogens is 274 g/mol. The van der Waals surface area contributed by atoms with E-state index in [9.17, 15) is 9.59 Å². The molecule has 0 aromatic heterocycles. The van der Waals surface area contributed by atoms with Gasteiger partial charge >= 0.3 is 0 Å². The Bertz CT molecular complexity index is 311. The van der Waals surface area contributed by atoms with Gasteiger partial charge < -0.3 is 4.90 Å². The van der Waals surface area contributed by atoms with Crippen molar-refractivity contribution >= 4 is 11.7 Å². The number of carbonyl (C=O) groups is 2. The molecule has 0 aliphatic heterocycles. The second kappa shape index (κ2) is 12.7. The Kier molecular flexibility index (Phi) is 12.2. The summed E-state index contributed by atoms with van der Waals surface area (Å²) in [4.78, 5) is 25.3. The molecule has 3 nitrogen and oxygen atoms in total. The minimum Gasteiger partial charge on any atom is -0.346 e. The summed E-state index contributed by atoms with van der Waals surface area (Å²) in [7, 11) is 1.92. The van der Waals surface area contributed by atoms with Crippen molar-refractivity contribution in [1.29, 1.82) is 0 Å². The Balaban J connectivity index is 3.50. The zero-order valence-corrected chi connectivity index (χ0v) is 15.5. The second-order valence-electron chi connectivity index (χ2n) is 7.24. The number of nitrogens with zero attached hydrogens (tertiary/aromatic N) is 1. The molecule has 0 aromatic carbocycles. The number of hydrogen-bond donors (Lipinski definition) is 0. The highest BCUT2D eigenvalue weighted by atomic mass is 16.2. The van der Waals surface area contributed by atoms with Gasteiger partial charge in [-0.1, -0.05) is 47.0 Å². The Hall–Kier alpha value is -0.860. The van der Waals surface area contributed by atoms with Crippen LogP contribution in [0.25, 0.3) is 0 Å². The van der Waals surface area contributed by atoms with Crippen molar-refractivity contribution < 1.29 is 9.59 Å². The molecule has 0 aromatic rings. The predicted molar refractivity (Wildman–Crippen MR) is 93.9 cm³/mol. The fraction of sp³-hybridized carbons (Fsp3) is 0.895. The fourth-order valence-electron chi connectivity index (χ4n) is 2.45. The van der Waals surface area contributed by atoms with E-state index in [0.717, 1.165) is 51.5 Å². The van der Waals surface area contributed by atoms with Crippen LogP contribution in [0.4, 0.5) is 0 Å². The highest BCUT2D eigenvalue weighted by Gasteiger charge is 2.09. The summed E-state index contributed by atoms with van der Waals surface area (Å²) in [6, 6.07) is 0. The molecule has 0 unspecified atom stereocenters. The van der Waals surface area contributed by atoms with Gasteiger partial charge in [0.25, 0.3) is 0 Å². The third-order valence-electron chi connectivity index (χ3n) is 4.16. The van der Waals surface area contributed by atoms with Gasteiger partial charge in [-0.2, -0.15) is 0 Å². The van der Waals surface area contributed by atoms with E-state index in [0.29, 0.717) is 18.1 Å². The predicted octanol–water partition coefficient (Wildman–Crippen LogP) is 4.84. The molecule has 0 saturated carbocycles. The lowest BCUT2D eigenvalue weighted by molar-refractivity contribution is -0.130. The van der Waals surface area contributed by atoms with E-state index in [2.05, 4.69) is 13.8 Å². The molecule has 0 rings (SSSR count). The van der Waals surface area contributed by atoms with Gasteiger partial charge in [0.1, 0.15) is 5.78 Å². The third kappa shape index (κ3) is 11.8. The van der Waals surface area contributed by atoms with Crippen molar-refractivity contribution in [2.45, 2.75) is 85.5 Å². The minimum atomic E-state index is 0.170. The normalized spacial score (nSPS) is 11.2. The number of rotatable bonds is 13. The zero-order chi connectivity index (χ0) is 17.0. The van der Waals surface area contributed by atoms with Crippen LogP contribution in [-0.2, 0) is 9.59 Å². The Morgan fingerprint density at radius 2 is 1.36 bits per heavy atom. The SMILES string of the molecule is CC(C)CCCN(C)C(=O)CCCCCCCC(=O)C(C)C. The van der Waals surface area contributed by atoms with E-state index in [1.54, 1.807) is 0 Å². The second-order valence-corrected chi connectivity index (χ2v) is 7.24. The maximum atomic E-state index is 12.0. The van der Waals surface area contributed by atoms with Gasteiger partial charge in [-0.25, -0.2) is 0 Å². The molecule has 0 atom stereocenters. The first kappa shape index (κ1) is 21.1. The molecule has 0 fully saturated rings. The van der Waals surface area contributed by atoms with E-state index in [1.165, 1.54) is 6.42 Å². The molecule has 0 aliphatic carbocycles. The third-order valence-corrected chi connectivity index (χ3v) is 4.16. The minimum absolute atomic E-state index is 0.170. The lowest BCUT2D eigenvalue weighted by atomic mass is 10.0. The molecule has 0 radical (unpaired) electrons. The average Bonchev–Trinajstić information content (AvgIpc) is 2.44. The Morgan fingerprint density at radius 3 is 1.91 bits per heavy atom. The van der Waals surface area contributed by atoms with Gasteiger partial charge in [0.15, 0.2) is 0 Å². The highest BCUT2D eigenvalue weighted by molar-refractivity contribution is 5.80. The Morgan fingerprint density at radius 1 is 0.818 bits per heavy atom. The lowest BCUT2D eigenvalue weighted by Crippen LogP contribution is -2.27. The van der Waals surface area contributed by atoms with Gasteiger partial charge in [0.2, 0.25) is 5.91 Å². The Labute approximate surface area is 137 Å². The average molecular weight is 312 g/mol. The molecule has 130 valence electrons. The van der Waals surface area contributed by atoms with E-state index >= 15 is 0 Å². The van der Waals surface area contributed by atoms with Gasteiger partial charge in [-0.3, -0.25) is 9.59 Å². The fourth-order valence-corrected chi connectivity index (χ4v) is 2.45. The number of carbonyl (C=O) groups excluding carboxylic acids is 2. The first-order chi connectivity index (χ1) is 10.3. The quantitative estimate of drug-likeness (QED) is 0.457.